The third kappa shape index (κ3) is 4.18. The summed E-state index contributed by atoms with van der Waals surface area (Å²) in [6, 6.07) is 6.00. The summed E-state index contributed by atoms with van der Waals surface area (Å²) in [7, 11) is -3.76. The average Bonchev–Trinajstić information content (AvgIpc) is 3.33. The highest BCUT2D eigenvalue weighted by atomic mass is 32.2. The molecule has 10 heteroatoms. The Morgan fingerprint density at radius 1 is 1.28 bits per heavy atom. The van der Waals surface area contributed by atoms with Crippen LogP contribution in [0.25, 0.3) is 0 Å². The summed E-state index contributed by atoms with van der Waals surface area (Å²) in [6.45, 7) is 0.414. The highest BCUT2D eigenvalue weighted by molar-refractivity contribution is 7.93. The summed E-state index contributed by atoms with van der Waals surface area (Å²) in [5.74, 6) is -0.497. The maximum absolute atomic E-state index is 13.8. The van der Waals surface area contributed by atoms with E-state index in [1.54, 1.807) is 23.6 Å². The lowest BCUT2D eigenvalue weighted by molar-refractivity contribution is -0.125. The first-order valence-corrected chi connectivity index (χ1v) is 11.4. The van der Waals surface area contributed by atoms with E-state index in [4.69, 9.17) is 4.74 Å². The quantitative estimate of drug-likeness (QED) is 0.749. The topological polar surface area (TPSA) is 88.6 Å². The molecule has 152 valence electrons. The molecule has 7 nitrogen and oxygen atoms in total. The number of carbonyl (C=O) groups excluding carboxylic acids is 1. The van der Waals surface area contributed by atoms with E-state index >= 15 is 0 Å². The zero-order chi connectivity index (χ0) is 20.4. The van der Waals surface area contributed by atoms with E-state index in [-0.39, 0.29) is 21.7 Å². The van der Waals surface area contributed by atoms with Crippen molar-refractivity contribution in [1.82, 2.24) is 4.98 Å². The summed E-state index contributed by atoms with van der Waals surface area (Å²) < 4.78 is 46.7. The molecule has 1 fully saturated rings. The number of nitrogens with one attached hydrogen (secondary N) is 1. The van der Waals surface area contributed by atoms with Crippen LogP contribution in [0.4, 0.5) is 15.2 Å². The van der Waals surface area contributed by atoms with Crippen LogP contribution in [-0.2, 0) is 19.6 Å². The molecule has 0 radical (unpaired) electrons. The number of ether oxygens (including phenoxy) is 1. The fourth-order valence-corrected chi connectivity index (χ4v) is 4.96. The number of allylic oxidation sites excluding steroid dienone is 4. The zero-order valence-corrected chi connectivity index (χ0v) is 16.9. The lowest BCUT2D eigenvalue weighted by Gasteiger charge is -2.19. The predicted molar refractivity (Wildman–Crippen MR) is 108 cm³/mol. The van der Waals surface area contributed by atoms with Crippen molar-refractivity contribution in [3.8, 4) is 0 Å². The first-order valence-electron chi connectivity index (χ1n) is 9.00. The summed E-state index contributed by atoms with van der Waals surface area (Å²) in [4.78, 5) is 18.2. The first-order chi connectivity index (χ1) is 13.9. The van der Waals surface area contributed by atoms with Crippen LogP contribution in [-0.4, -0.2) is 32.0 Å². The molecule has 1 aliphatic carbocycles. The molecule has 1 aromatic heterocycles. The van der Waals surface area contributed by atoms with Gasteiger partial charge in [0.25, 0.3) is 15.9 Å². The Labute approximate surface area is 171 Å². The van der Waals surface area contributed by atoms with Gasteiger partial charge in [-0.05, 0) is 36.8 Å². The van der Waals surface area contributed by atoms with Crippen LogP contribution >= 0.6 is 11.3 Å². The van der Waals surface area contributed by atoms with E-state index in [0.29, 0.717) is 31.5 Å². The van der Waals surface area contributed by atoms with Gasteiger partial charge in [0, 0.05) is 36.7 Å². The summed E-state index contributed by atoms with van der Waals surface area (Å²) in [5, 5.41) is 1.95. The van der Waals surface area contributed by atoms with E-state index in [0.717, 1.165) is 0 Å². The van der Waals surface area contributed by atoms with Gasteiger partial charge in [-0.3, -0.25) is 9.52 Å². The Kier molecular flexibility index (Phi) is 5.37. The van der Waals surface area contributed by atoms with Crippen LogP contribution in [0.1, 0.15) is 19.3 Å². The second kappa shape index (κ2) is 7.96. The van der Waals surface area contributed by atoms with Crippen molar-refractivity contribution in [2.24, 2.45) is 0 Å². The molecule has 1 aliphatic heterocycles. The highest BCUT2D eigenvalue weighted by Gasteiger charge is 2.35. The van der Waals surface area contributed by atoms with Gasteiger partial charge < -0.3 is 9.64 Å². The first kappa shape index (κ1) is 19.6. The van der Waals surface area contributed by atoms with Crippen LogP contribution in [0.3, 0.4) is 0 Å². The third-order valence-corrected chi connectivity index (χ3v) is 6.79. The number of sulfonamides is 1. The second-order valence-electron chi connectivity index (χ2n) is 6.53. The van der Waals surface area contributed by atoms with Crippen LogP contribution in [0.5, 0.6) is 0 Å². The van der Waals surface area contributed by atoms with Crippen molar-refractivity contribution < 1.29 is 22.3 Å². The molecule has 2 heterocycles. The number of benzene rings is 1. The van der Waals surface area contributed by atoms with Crippen molar-refractivity contribution in [2.75, 3.05) is 16.2 Å². The van der Waals surface area contributed by atoms with Gasteiger partial charge in [-0.25, -0.2) is 17.8 Å². The molecule has 1 unspecified atom stereocenters. The molecule has 1 amide bonds. The van der Waals surface area contributed by atoms with Crippen LogP contribution in [0.15, 0.2) is 64.5 Å². The van der Waals surface area contributed by atoms with E-state index in [2.05, 4.69) is 9.71 Å². The van der Waals surface area contributed by atoms with Gasteiger partial charge in [0.2, 0.25) is 0 Å². The summed E-state index contributed by atoms with van der Waals surface area (Å²) in [5.41, 5.74) is 0.562. The largest absolute Gasteiger partial charge is 0.482 e. The van der Waals surface area contributed by atoms with Gasteiger partial charge in [0.05, 0.1) is 4.90 Å². The number of nitrogens with zero attached hydrogens (tertiary/aromatic N) is 2. The SMILES string of the molecule is O=C1C(OC2=C(F)C=CCC2)CCN1c1ccc(S(=O)(=O)Nc2nccs2)cc1. The van der Waals surface area contributed by atoms with Crippen LogP contribution in [0.2, 0.25) is 0 Å². The van der Waals surface area contributed by atoms with Crippen molar-refractivity contribution in [1.29, 1.82) is 0 Å². The number of thiazole rings is 1. The summed E-state index contributed by atoms with van der Waals surface area (Å²) >= 11 is 1.18. The summed E-state index contributed by atoms with van der Waals surface area (Å²) in [6.07, 6.45) is 5.40. The smallest absolute Gasteiger partial charge is 0.268 e. The van der Waals surface area contributed by atoms with E-state index in [1.807, 2.05) is 0 Å². The molecule has 0 spiro atoms. The second-order valence-corrected chi connectivity index (χ2v) is 9.11. The highest BCUT2D eigenvalue weighted by Crippen LogP contribution is 2.29. The fourth-order valence-electron chi connectivity index (χ4n) is 3.17. The van der Waals surface area contributed by atoms with E-state index < -0.39 is 22.0 Å². The molecule has 4 rings (SSSR count). The monoisotopic (exact) mass is 435 g/mol. The standard InChI is InChI=1S/C19H18FN3O4S2/c20-15-3-1-2-4-16(15)27-17-9-11-23(18(17)24)13-5-7-14(8-6-13)29(25,26)22-19-21-10-12-28-19/h1,3,5-8,10,12,17H,2,4,9,11H2,(H,21,22). The van der Waals surface area contributed by atoms with Crippen LogP contribution in [0, 0.1) is 0 Å². The Morgan fingerprint density at radius 3 is 2.76 bits per heavy atom. The average molecular weight is 436 g/mol. The normalized spacial score (nSPS) is 19.7. The predicted octanol–water partition coefficient (Wildman–Crippen LogP) is 3.60. The van der Waals surface area contributed by atoms with Crippen molar-refractivity contribution in [3.63, 3.8) is 0 Å². The van der Waals surface area contributed by atoms with Gasteiger partial charge in [-0.15, -0.1) is 11.3 Å². The number of carbonyl (C=O) groups is 1. The molecule has 1 atom stereocenters. The molecular formula is C19H18FN3O4S2. The van der Waals surface area contributed by atoms with Crippen molar-refractivity contribution >= 4 is 38.1 Å². The minimum absolute atomic E-state index is 0.0668. The van der Waals surface area contributed by atoms with Gasteiger partial charge in [0.15, 0.2) is 17.1 Å². The number of anilines is 2. The molecule has 0 bridgehead atoms. The third-order valence-electron chi connectivity index (χ3n) is 4.62. The van der Waals surface area contributed by atoms with Crippen molar-refractivity contribution in [2.45, 2.75) is 30.3 Å². The number of halogens is 1. The van der Waals surface area contributed by atoms with Crippen molar-refractivity contribution in [3.05, 3.63) is 59.6 Å². The number of rotatable bonds is 6. The van der Waals surface area contributed by atoms with Gasteiger partial charge in [0.1, 0.15) is 5.76 Å². The number of amides is 1. The minimum Gasteiger partial charge on any atom is -0.482 e. The molecular weight excluding hydrogens is 417 g/mol. The maximum atomic E-state index is 13.8. The van der Waals surface area contributed by atoms with E-state index in [1.165, 1.54) is 40.6 Å². The Hall–Kier alpha value is -2.72. The molecule has 0 saturated carbocycles. The molecule has 1 saturated heterocycles. The van der Waals surface area contributed by atoms with Gasteiger partial charge >= 0.3 is 0 Å². The molecule has 29 heavy (non-hydrogen) atoms. The zero-order valence-electron chi connectivity index (χ0n) is 15.2. The number of aromatic nitrogens is 1. The Morgan fingerprint density at radius 2 is 2.07 bits per heavy atom. The van der Waals surface area contributed by atoms with Gasteiger partial charge in [-0.1, -0.05) is 6.08 Å². The number of hydrogen-bond acceptors (Lipinski definition) is 6. The Balaban J connectivity index is 1.45. The lowest BCUT2D eigenvalue weighted by atomic mass is 10.1. The maximum Gasteiger partial charge on any atom is 0.268 e. The molecule has 2 aromatic rings. The van der Waals surface area contributed by atoms with Crippen LogP contribution < -0.4 is 9.62 Å². The molecule has 1 aromatic carbocycles. The Bertz CT molecular complexity index is 1060. The lowest BCUT2D eigenvalue weighted by Crippen LogP contribution is -2.30. The molecule has 2 aliphatic rings. The van der Waals surface area contributed by atoms with E-state index in [9.17, 15) is 17.6 Å². The fraction of sp³-hybridized carbons (Fsp3) is 0.263. The molecule has 1 N–H and O–H groups in total. The van der Waals surface area contributed by atoms with Gasteiger partial charge in [-0.2, -0.15) is 0 Å². The minimum atomic E-state index is -3.76. The number of hydrogen-bond donors (Lipinski definition) is 1.